The fraction of sp³-hybridized carbons (Fsp3) is 0.500. The summed E-state index contributed by atoms with van der Waals surface area (Å²) in [6.07, 6.45) is 2.66. The highest BCUT2D eigenvalue weighted by atomic mass is 32.2. The van der Waals surface area contributed by atoms with E-state index < -0.39 is 10.0 Å². The van der Waals surface area contributed by atoms with E-state index in [0.717, 1.165) is 29.9 Å². The van der Waals surface area contributed by atoms with Gasteiger partial charge in [-0.15, -0.1) is 0 Å². The molecular formula is C24H29N3O4S. The zero-order valence-corrected chi connectivity index (χ0v) is 19.5. The van der Waals surface area contributed by atoms with E-state index in [-0.39, 0.29) is 28.2 Å². The predicted molar refractivity (Wildman–Crippen MR) is 119 cm³/mol. The lowest BCUT2D eigenvalue weighted by molar-refractivity contribution is -0.127. The van der Waals surface area contributed by atoms with Crippen LogP contribution >= 0.6 is 0 Å². The third-order valence-corrected chi connectivity index (χ3v) is 8.41. The van der Waals surface area contributed by atoms with Gasteiger partial charge in [0.15, 0.2) is 0 Å². The van der Waals surface area contributed by atoms with Gasteiger partial charge in [0.1, 0.15) is 11.5 Å². The SMILES string of the molecule is Cc1cc2c(o1)CC(C)(C)CC2NC(=O)C1CCN(S(=O)(=O)c2ccc(C#N)cc2)CC1. The molecule has 1 aromatic heterocycles. The van der Waals surface area contributed by atoms with Crippen molar-refractivity contribution in [2.45, 2.75) is 57.4 Å². The highest BCUT2D eigenvalue weighted by Gasteiger charge is 2.38. The van der Waals surface area contributed by atoms with Gasteiger partial charge < -0.3 is 9.73 Å². The van der Waals surface area contributed by atoms with Gasteiger partial charge in [-0.2, -0.15) is 9.57 Å². The number of hydrogen-bond donors (Lipinski definition) is 1. The summed E-state index contributed by atoms with van der Waals surface area (Å²) in [5.41, 5.74) is 1.52. The quantitative estimate of drug-likeness (QED) is 0.757. The summed E-state index contributed by atoms with van der Waals surface area (Å²) in [5, 5.41) is 12.1. The number of rotatable bonds is 4. The van der Waals surface area contributed by atoms with Crippen molar-refractivity contribution in [2.75, 3.05) is 13.1 Å². The molecule has 2 aliphatic rings. The second-order valence-electron chi connectivity index (χ2n) is 9.66. The average molecular weight is 456 g/mol. The molecule has 1 N–H and O–H groups in total. The molecule has 1 saturated heterocycles. The summed E-state index contributed by atoms with van der Waals surface area (Å²) in [7, 11) is -3.64. The molecule has 4 rings (SSSR count). The van der Waals surface area contributed by atoms with Crippen molar-refractivity contribution in [3.05, 3.63) is 53.0 Å². The summed E-state index contributed by atoms with van der Waals surface area (Å²) in [4.78, 5) is 13.2. The molecule has 1 unspecified atom stereocenters. The first-order valence-electron chi connectivity index (χ1n) is 11.0. The molecular weight excluding hydrogens is 426 g/mol. The topological polar surface area (TPSA) is 103 Å². The molecule has 0 radical (unpaired) electrons. The Morgan fingerprint density at radius 1 is 1.22 bits per heavy atom. The molecule has 170 valence electrons. The van der Waals surface area contributed by atoms with E-state index in [0.29, 0.717) is 31.5 Å². The third-order valence-electron chi connectivity index (χ3n) is 6.50. The minimum Gasteiger partial charge on any atom is -0.466 e. The Kier molecular flexibility index (Phi) is 5.91. The molecule has 2 aromatic rings. The summed E-state index contributed by atoms with van der Waals surface area (Å²) >= 11 is 0. The number of aryl methyl sites for hydroxylation is 1. The lowest BCUT2D eigenvalue weighted by atomic mass is 9.74. The maximum atomic E-state index is 13.1. The van der Waals surface area contributed by atoms with Gasteiger partial charge in [-0.25, -0.2) is 8.42 Å². The van der Waals surface area contributed by atoms with Crippen LogP contribution in [0, 0.1) is 29.6 Å². The van der Waals surface area contributed by atoms with Crippen LogP contribution in [0.3, 0.4) is 0 Å². The lowest BCUT2D eigenvalue weighted by Gasteiger charge is -2.36. The Labute approximate surface area is 189 Å². The highest BCUT2D eigenvalue weighted by Crippen LogP contribution is 2.42. The molecule has 1 aromatic carbocycles. The summed E-state index contributed by atoms with van der Waals surface area (Å²) < 4.78 is 33.1. The van der Waals surface area contributed by atoms with E-state index in [2.05, 4.69) is 19.2 Å². The van der Waals surface area contributed by atoms with Crippen LogP contribution < -0.4 is 5.32 Å². The maximum Gasteiger partial charge on any atom is 0.243 e. The third kappa shape index (κ3) is 4.45. The summed E-state index contributed by atoms with van der Waals surface area (Å²) in [6.45, 7) is 6.88. The van der Waals surface area contributed by atoms with Gasteiger partial charge in [-0.1, -0.05) is 13.8 Å². The number of nitrogens with one attached hydrogen (secondary N) is 1. The van der Waals surface area contributed by atoms with E-state index in [9.17, 15) is 13.2 Å². The molecule has 1 fully saturated rings. The van der Waals surface area contributed by atoms with Crippen molar-refractivity contribution < 1.29 is 17.6 Å². The molecule has 1 aliphatic carbocycles. The second-order valence-corrected chi connectivity index (χ2v) is 11.6. The number of amides is 1. The first kappa shape index (κ1) is 22.6. The Hall–Kier alpha value is -2.63. The molecule has 8 heteroatoms. The van der Waals surface area contributed by atoms with Crippen LogP contribution in [0.2, 0.25) is 0 Å². The number of fused-ring (bicyclic) bond motifs is 1. The number of furan rings is 1. The molecule has 1 amide bonds. The van der Waals surface area contributed by atoms with Crippen LogP contribution in [-0.4, -0.2) is 31.7 Å². The average Bonchev–Trinajstić information content (AvgIpc) is 3.12. The molecule has 1 aliphatic heterocycles. The van der Waals surface area contributed by atoms with Crippen LogP contribution in [0.4, 0.5) is 0 Å². The first-order chi connectivity index (χ1) is 15.1. The van der Waals surface area contributed by atoms with Crippen molar-refractivity contribution in [3.8, 4) is 6.07 Å². The minimum absolute atomic E-state index is 0.0204. The molecule has 7 nitrogen and oxygen atoms in total. The molecule has 1 atom stereocenters. The highest BCUT2D eigenvalue weighted by molar-refractivity contribution is 7.89. The van der Waals surface area contributed by atoms with Gasteiger partial charge in [-0.3, -0.25) is 4.79 Å². The van der Waals surface area contributed by atoms with Crippen LogP contribution in [0.1, 0.15) is 61.8 Å². The van der Waals surface area contributed by atoms with Crippen molar-refractivity contribution in [1.29, 1.82) is 5.26 Å². The van der Waals surface area contributed by atoms with Crippen LogP contribution in [0.25, 0.3) is 0 Å². The van der Waals surface area contributed by atoms with Gasteiger partial charge in [0.2, 0.25) is 15.9 Å². The van der Waals surface area contributed by atoms with Gasteiger partial charge in [0, 0.05) is 31.0 Å². The van der Waals surface area contributed by atoms with E-state index in [1.165, 1.54) is 28.6 Å². The second kappa shape index (κ2) is 8.38. The number of carbonyl (C=O) groups excluding carboxylic acids is 1. The zero-order valence-electron chi connectivity index (χ0n) is 18.7. The van der Waals surface area contributed by atoms with E-state index >= 15 is 0 Å². The summed E-state index contributed by atoms with van der Waals surface area (Å²) in [5.74, 6) is 1.57. The standard InChI is InChI=1S/C24H29N3O4S/c1-16-12-20-21(13-24(2,3)14-22(20)31-16)26-23(28)18-8-10-27(11-9-18)32(29,30)19-6-4-17(15-25)5-7-19/h4-7,12,18,21H,8-11,13-14H2,1-3H3,(H,26,28). The van der Waals surface area contributed by atoms with Crippen LogP contribution in [0.5, 0.6) is 0 Å². The normalized spacial score (nSPS) is 21.5. The predicted octanol–water partition coefficient (Wildman–Crippen LogP) is 3.69. The van der Waals surface area contributed by atoms with Crippen LogP contribution in [0.15, 0.2) is 39.6 Å². The fourth-order valence-corrected chi connectivity index (χ4v) is 6.28. The van der Waals surface area contributed by atoms with Crippen LogP contribution in [-0.2, 0) is 21.2 Å². The Balaban J connectivity index is 1.40. The van der Waals surface area contributed by atoms with Crippen molar-refractivity contribution >= 4 is 15.9 Å². The van der Waals surface area contributed by atoms with Crippen molar-refractivity contribution in [2.24, 2.45) is 11.3 Å². The number of nitriles is 1. The van der Waals surface area contributed by atoms with Gasteiger partial charge in [0.25, 0.3) is 0 Å². The zero-order chi connectivity index (χ0) is 23.1. The van der Waals surface area contributed by atoms with Crippen molar-refractivity contribution in [1.82, 2.24) is 9.62 Å². The smallest absolute Gasteiger partial charge is 0.243 e. The number of benzene rings is 1. The number of piperidine rings is 1. The Morgan fingerprint density at radius 2 is 1.88 bits per heavy atom. The Bertz CT molecular complexity index is 1150. The van der Waals surface area contributed by atoms with Gasteiger partial charge >= 0.3 is 0 Å². The summed E-state index contributed by atoms with van der Waals surface area (Å²) in [6, 6.07) is 9.85. The first-order valence-corrected chi connectivity index (χ1v) is 12.4. The molecule has 0 saturated carbocycles. The maximum absolute atomic E-state index is 13.1. The fourth-order valence-electron chi connectivity index (χ4n) is 4.81. The number of nitrogens with zero attached hydrogens (tertiary/aromatic N) is 2. The number of sulfonamides is 1. The molecule has 0 spiro atoms. The number of carbonyl (C=O) groups is 1. The monoisotopic (exact) mass is 455 g/mol. The minimum atomic E-state index is -3.64. The molecule has 2 heterocycles. The molecule has 32 heavy (non-hydrogen) atoms. The molecule has 0 bridgehead atoms. The largest absolute Gasteiger partial charge is 0.466 e. The van der Waals surface area contributed by atoms with Crippen molar-refractivity contribution in [3.63, 3.8) is 0 Å². The number of hydrogen-bond acceptors (Lipinski definition) is 5. The van der Waals surface area contributed by atoms with Gasteiger partial charge in [0.05, 0.1) is 22.6 Å². The van der Waals surface area contributed by atoms with E-state index in [4.69, 9.17) is 9.68 Å². The Morgan fingerprint density at radius 3 is 2.50 bits per heavy atom. The van der Waals surface area contributed by atoms with E-state index in [1.54, 1.807) is 0 Å². The lowest BCUT2D eigenvalue weighted by Crippen LogP contribution is -2.44. The van der Waals surface area contributed by atoms with Gasteiger partial charge in [-0.05, 0) is 61.9 Å². The van der Waals surface area contributed by atoms with E-state index in [1.807, 2.05) is 19.1 Å².